The summed E-state index contributed by atoms with van der Waals surface area (Å²) in [4.78, 5) is 10.7. The Morgan fingerprint density at radius 1 is 1.90 bits per heavy atom. The van der Waals surface area contributed by atoms with Gasteiger partial charge in [-0.1, -0.05) is 0 Å². The molecule has 1 aromatic rings. The molecule has 0 radical (unpaired) electrons. The summed E-state index contributed by atoms with van der Waals surface area (Å²) >= 11 is 3.38. The Labute approximate surface area is 75.7 Å². The highest BCUT2D eigenvalue weighted by Gasteiger charge is 2.08. The lowest BCUT2D eigenvalue weighted by molar-refractivity contribution is 0.0595. The van der Waals surface area contributed by atoms with Crippen LogP contribution in [0.1, 0.15) is 10.5 Å². The second kappa shape index (κ2) is 3.29. The Bertz CT molecular complexity index is 248. The predicted molar refractivity (Wildman–Crippen MR) is 46.2 cm³/mol. The number of nitrogens with zero attached hydrogens (tertiary/aromatic N) is 1. The molecule has 54 valence electrons. The number of carbonyl (C=O) groups excluding carboxylic acids is 1. The standard InChI is InChI=1S/C5H4INO2S/c1-9-5(8)3-2-4(6)10-7-3/h2H,1H3. The fraction of sp³-hybridized carbons (Fsp3) is 0.200. The van der Waals surface area contributed by atoms with Crippen LogP contribution in [0, 0.1) is 2.88 Å². The highest BCUT2D eigenvalue weighted by molar-refractivity contribution is 14.1. The lowest BCUT2D eigenvalue weighted by atomic mass is 10.4. The van der Waals surface area contributed by atoms with E-state index in [9.17, 15) is 4.79 Å². The molecule has 0 unspecified atom stereocenters. The first-order valence-electron chi connectivity index (χ1n) is 2.44. The highest BCUT2D eigenvalue weighted by Crippen LogP contribution is 2.12. The minimum absolute atomic E-state index is 0.376. The molecule has 0 spiro atoms. The molecule has 0 aromatic carbocycles. The molecule has 5 heteroatoms. The van der Waals surface area contributed by atoms with Crippen molar-refractivity contribution in [3.8, 4) is 0 Å². The number of ether oxygens (including phenoxy) is 1. The topological polar surface area (TPSA) is 39.2 Å². The van der Waals surface area contributed by atoms with Gasteiger partial charge in [0.25, 0.3) is 0 Å². The highest BCUT2D eigenvalue weighted by atomic mass is 127. The number of aromatic nitrogens is 1. The maximum atomic E-state index is 10.7. The van der Waals surface area contributed by atoms with Crippen LogP contribution in [0.15, 0.2) is 6.07 Å². The zero-order valence-corrected chi connectivity index (χ0v) is 8.10. The number of hydrogen-bond acceptors (Lipinski definition) is 4. The lowest BCUT2D eigenvalue weighted by Crippen LogP contribution is -2.00. The molecule has 1 heterocycles. The molecule has 0 aliphatic heterocycles. The van der Waals surface area contributed by atoms with Crippen LogP contribution >= 0.6 is 34.1 Å². The van der Waals surface area contributed by atoms with Gasteiger partial charge in [0.05, 0.1) is 9.99 Å². The molecule has 1 rings (SSSR count). The molecule has 3 nitrogen and oxygen atoms in total. The molecule has 0 amide bonds. The van der Waals surface area contributed by atoms with E-state index in [1.54, 1.807) is 6.07 Å². The van der Waals surface area contributed by atoms with Crippen LogP contribution in [-0.2, 0) is 4.74 Å². The van der Waals surface area contributed by atoms with E-state index in [4.69, 9.17) is 0 Å². The van der Waals surface area contributed by atoms with Crippen LogP contribution in [0.4, 0.5) is 0 Å². The maximum absolute atomic E-state index is 10.7. The van der Waals surface area contributed by atoms with E-state index in [0.717, 1.165) is 2.88 Å². The van der Waals surface area contributed by atoms with E-state index in [1.807, 2.05) is 0 Å². The van der Waals surface area contributed by atoms with Gasteiger partial charge in [-0.15, -0.1) is 0 Å². The summed E-state index contributed by atoms with van der Waals surface area (Å²) in [7, 11) is 1.34. The Balaban J connectivity index is 2.85. The molecule has 0 atom stereocenters. The third-order valence-corrected chi connectivity index (χ3v) is 2.36. The molecule has 0 fully saturated rings. The summed E-state index contributed by atoms with van der Waals surface area (Å²) in [6.07, 6.45) is 0. The van der Waals surface area contributed by atoms with Gasteiger partial charge in [0.15, 0.2) is 5.69 Å². The third kappa shape index (κ3) is 1.66. The second-order valence-corrected chi connectivity index (χ2v) is 4.21. The van der Waals surface area contributed by atoms with E-state index in [0.29, 0.717) is 5.69 Å². The second-order valence-electron chi connectivity index (χ2n) is 1.51. The van der Waals surface area contributed by atoms with E-state index in [-0.39, 0.29) is 5.97 Å². The molecule has 0 aliphatic rings. The summed E-state index contributed by atoms with van der Waals surface area (Å²) in [5.74, 6) is -0.376. The number of rotatable bonds is 1. The maximum Gasteiger partial charge on any atom is 0.357 e. The largest absolute Gasteiger partial charge is 0.464 e. The Morgan fingerprint density at radius 3 is 3.00 bits per heavy atom. The fourth-order valence-corrected chi connectivity index (χ4v) is 1.52. The zero-order valence-electron chi connectivity index (χ0n) is 5.13. The Hall–Kier alpha value is -0.170. The van der Waals surface area contributed by atoms with Crippen molar-refractivity contribution in [1.29, 1.82) is 0 Å². The number of methoxy groups -OCH3 is 1. The summed E-state index contributed by atoms with van der Waals surface area (Å²) < 4.78 is 9.28. The van der Waals surface area contributed by atoms with Crippen molar-refractivity contribution >= 4 is 40.1 Å². The first kappa shape index (κ1) is 7.93. The van der Waals surface area contributed by atoms with Crippen LogP contribution < -0.4 is 0 Å². The summed E-state index contributed by atoms with van der Waals surface area (Å²) in [5, 5.41) is 0. The van der Waals surface area contributed by atoms with Crippen molar-refractivity contribution in [3.63, 3.8) is 0 Å². The molecule has 0 N–H and O–H groups in total. The minimum atomic E-state index is -0.376. The van der Waals surface area contributed by atoms with Gasteiger partial charge in [0.1, 0.15) is 0 Å². The molecule has 10 heavy (non-hydrogen) atoms. The van der Waals surface area contributed by atoms with Gasteiger partial charge in [-0.3, -0.25) is 0 Å². The van der Waals surface area contributed by atoms with Crippen LogP contribution in [0.25, 0.3) is 0 Å². The van der Waals surface area contributed by atoms with Crippen molar-refractivity contribution in [2.45, 2.75) is 0 Å². The smallest absolute Gasteiger partial charge is 0.357 e. The molecule has 1 aromatic heterocycles. The van der Waals surface area contributed by atoms with Gasteiger partial charge in [0.2, 0.25) is 0 Å². The first-order chi connectivity index (χ1) is 4.74. The minimum Gasteiger partial charge on any atom is -0.464 e. The van der Waals surface area contributed by atoms with E-state index in [1.165, 1.54) is 18.6 Å². The van der Waals surface area contributed by atoms with E-state index < -0.39 is 0 Å². The van der Waals surface area contributed by atoms with Crippen molar-refractivity contribution < 1.29 is 9.53 Å². The van der Waals surface area contributed by atoms with Gasteiger partial charge >= 0.3 is 5.97 Å². The number of hydrogen-bond donors (Lipinski definition) is 0. The van der Waals surface area contributed by atoms with Crippen LogP contribution in [0.3, 0.4) is 0 Å². The summed E-state index contributed by atoms with van der Waals surface area (Å²) in [6.45, 7) is 0. The molecule has 0 saturated carbocycles. The molecule has 0 aliphatic carbocycles. The number of esters is 1. The predicted octanol–water partition coefficient (Wildman–Crippen LogP) is 1.53. The fourth-order valence-electron chi connectivity index (χ4n) is 0.454. The van der Waals surface area contributed by atoms with Gasteiger partial charge in [-0.2, -0.15) is 4.37 Å². The van der Waals surface area contributed by atoms with Crippen molar-refractivity contribution in [2.24, 2.45) is 0 Å². The van der Waals surface area contributed by atoms with Gasteiger partial charge in [-0.25, -0.2) is 4.79 Å². The zero-order chi connectivity index (χ0) is 7.56. The normalized spacial score (nSPS) is 9.40. The quantitative estimate of drug-likeness (QED) is 0.573. The Kier molecular flexibility index (Phi) is 2.61. The molecule has 0 saturated heterocycles. The first-order valence-corrected chi connectivity index (χ1v) is 4.30. The van der Waals surface area contributed by atoms with Gasteiger partial charge in [-0.05, 0) is 40.2 Å². The average Bonchev–Trinajstić information content (AvgIpc) is 2.34. The number of carbonyl (C=O) groups is 1. The van der Waals surface area contributed by atoms with Gasteiger partial charge in [0, 0.05) is 0 Å². The monoisotopic (exact) mass is 269 g/mol. The molecule has 0 bridgehead atoms. The van der Waals surface area contributed by atoms with Gasteiger partial charge < -0.3 is 4.74 Å². The third-order valence-electron chi connectivity index (χ3n) is 0.876. The van der Waals surface area contributed by atoms with Crippen molar-refractivity contribution in [1.82, 2.24) is 4.37 Å². The van der Waals surface area contributed by atoms with E-state index in [2.05, 4.69) is 31.7 Å². The SMILES string of the molecule is COC(=O)c1cc(I)sn1. The van der Waals surface area contributed by atoms with Crippen LogP contribution in [0.5, 0.6) is 0 Å². The lowest BCUT2D eigenvalue weighted by Gasteiger charge is -1.89. The van der Waals surface area contributed by atoms with Crippen LogP contribution in [0.2, 0.25) is 0 Å². The summed E-state index contributed by atoms with van der Waals surface area (Å²) in [6, 6.07) is 1.69. The van der Waals surface area contributed by atoms with E-state index >= 15 is 0 Å². The number of halogens is 1. The van der Waals surface area contributed by atoms with Crippen molar-refractivity contribution in [2.75, 3.05) is 7.11 Å². The van der Waals surface area contributed by atoms with Crippen LogP contribution in [-0.4, -0.2) is 17.5 Å². The molecular weight excluding hydrogens is 265 g/mol. The summed E-state index contributed by atoms with van der Waals surface area (Å²) in [5.41, 5.74) is 0.386. The van der Waals surface area contributed by atoms with Crippen molar-refractivity contribution in [3.05, 3.63) is 14.6 Å². The average molecular weight is 269 g/mol. The molecular formula is C5H4INO2S. The Morgan fingerprint density at radius 2 is 2.60 bits per heavy atom.